The molecule has 0 bridgehead atoms. The number of aliphatic carboxylic acids is 1. The highest BCUT2D eigenvalue weighted by atomic mass is 127. The van der Waals surface area contributed by atoms with Crippen molar-refractivity contribution >= 4 is 198 Å². The number of alkyl carbamates (subject to hydrolysis) is 1. The van der Waals surface area contributed by atoms with Crippen LogP contribution in [0.2, 0.25) is 15.5 Å². The van der Waals surface area contributed by atoms with Crippen LogP contribution >= 0.6 is 103 Å². The molecule has 15 aromatic rings. The van der Waals surface area contributed by atoms with E-state index in [0.717, 1.165) is 119 Å². The van der Waals surface area contributed by atoms with Gasteiger partial charge >= 0.3 is 30.0 Å². The number of esters is 2. The van der Waals surface area contributed by atoms with Crippen LogP contribution in [0, 0.1) is 143 Å². The Morgan fingerprint density at radius 2 is 0.810 bits per heavy atom. The first-order chi connectivity index (χ1) is 64.8. The van der Waals surface area contributed by atoms with E-state index >= 15 is 0 Å². The van der Waals surface area contributed by atoms with Crippen LogP contribution in [-0.2, 0) is 37.0 Å². The molecule has 39 heteroatoms. The van der Waals surface area contributed by atoms with Crippen molar-refractivity contribution in [3.8, 4) is 0 Å². The maximum Gasteiger partial charge on any atom is 0.408 e. The predicted molar refractivity (Wildman–Crippen MR) is 537 cm³/mol. The van der Waals surface area contributed by atoms with Crippen molar-refractivity contribution in [1.29, 1.82) is 0 Å². The van der Waals surface area contributed by atoms with Gasteiger partial charge in [-0.05, 0) is 270 Å². The molecule has 2 aromatic carbocycles. The van der Waals surface area contributed by atoms with E-state index in [-0.39, 0.29) is 71.1 Å². The number of nitrogens with zero attached hydrogens (tertiary/aromatic N) is 9. The minimum atomic E-state index is -1.15. The summed E-state index contributed by atoms with van der Waals surface area (Å²) in [6.45, 7) is 33.1. The Hall–Kier alpha value is -12.7. The Balaban J connectivity index is 0.000000221. The summed E-state index contributed by atoms with van der Waals surface area (Å²) in [5.74, 6) is -5.80. The number of hydrogen-bond acceptors (Lipinski definition) is 25. The monoisotopic (exact) mass is 2120 g/mol. The summed E-state index contributed by atoms with van der Waals surface area (Å²) in [6, 6.07) is 24.3. The molecule has 0 radical (unpaired) electrons. The first-order valence-corrected chi connectivity index (χ1v) is 46.6. The Kier molecular flexibility index (Phi) is 43.2. The number of aryl methyl sites for hydroxylation is 13. The Bertz CT molecular complexity index is 6730. The molecule has 13 heterocycles. The molecular formula is C98H96Cl3F5IN13O13S4. The molecule has 137 heavy (non-hydrogen) atoms. The lowest BCUT2D eigenvalue weighted by molar-refractivity contribution is -0.147. The van der Waals surface area contributed by atoms with Gasteiger partial charge in [-0.2, -0.15) is 0 Å². The van der Waals surface area contributed by atoms with E-state index in [1.165, 1.54) is 82.6 Å². The molecule has 0 saturated carbocycles. The second-order valence-corrected chi connectivity index (χ2v) is 36.6. The van der Waals surface area contributed by atoms with E-state index in [9.17, 15) is 60.3 Å². The van der Waals surface area contributed by atoms with Crippen molar-refractivity contribution in [1.82, 2.24) is 60.8 Å². The molecule has 0 unspecified atom stereocenters. The van der Waals surface area contributed by atoms with Gasteiger partial charge in [0.15, 0.2) is 50.8 Å². The zero-order valence-electron chi connectivity index (χ0n) is 77.2. The molecule has 7 N–H and O–H groups in total. The highest BCUT2D eigenvalue weighted by molar-refractivity contribution is 14.1. The van der Waals surface area contributed by atoms with Crippen molar-refractivity contribution < 1.29 is 84.7 Å². The first-order valence-electron chi connectivity index (χ1n) is 41.1. The van der Waals surface area contributed by atoms with Crippen LogP contribution < -0.4 is 21.7 Å². The smallest absolute Gasteiger partial charge is 0.408 e. The summed E-state index contributed by atoms with van der Waals surface area (Å²) < 4.78 is 83.9. The van der Waals surface area contributed by atoms with Gasteiger partial charge in [-0.25, -0.2) is 56.1 Å². The van der Waals surface area contributed by atoms with E-state index < -0.39 is 59.4 Å². The fourth-order valence-corrected chi connectivity index (χ4v) is 16.4. The summed E-state index contributed by atoms with van der Waals surface area (Å²) in [7, 11) is 1.39. The molecule has 718 valence electrons. The van der Waals surface area contributed by atoms with Gasteiger partial charge < -0.3 is 46.1 Å². The molecule has 15 rings (SSSR count). The van der Waals surface area contributed by atoms with Gasteiger partial charge in [-0.1, -0.05) is 102 Å². The number of nitrogens with two attached hydrogens (primary N) is 1. The molecule has 13 aromatic heterocycles. The van der Waals surface area contributed by atoms with Gasteiger partial charge in [0.25, 0.3) is 11.8 Å². The molecule has 0 aliphatic rings. The molecule has 0 fully saturated rings. The number of rotatable bonds is 17. The number of hydrogen-bond donors (Lipinski definition) is 6. The van der Waals surface area contributed by atoms with Gasteiger partial charge in [0.1, 0.15) is 40.7 Å². The number of aromatic nitrogens is 9. The minimum absolute atomic E-state index is 0.0332. The number of ether oxygens (including phenoxy) is 3. The second kappa shape index (κ2) is 53.2. The van der Waals surface area contributed by atoms with Crippen molar-refractivity contribution in [3.05, 3.63) is 333 Å². The number of aromatic carboxylic acids is 1. The molecular weight excluding hydrogens is 2020 g/mol. The van der Waals surface area contributed by atoms with Crippen LogP contribution in [0.25, 0.3) is 46.9 Å². The quantitative estimate of drug-likeness (QED) is 0.0123. The number of carbonyl (C=O) groups excluding carboxylic acids is 6. The number of methoxy groups -OCH3 is 1. The number of aldehydes is 1. The van der Waals surface area contributed by atoms with Crippen molar-refractivity contribution in [3.63, 3.8) is 0 Å². The van der Waals surface area contributed by atoms with Gasteiger partial charge in [0.2, 0.25) is 0 Å². The SMILES string of the molecule is C=Cc1ncc(C)c(C)c1F.COC(=O)c1cc2ncc(C)c(C)c2s1.Cc1cnc(C=O)c(F)c1C.Cc1cnc(Cl)c(F)c1.Cc1cnc(Cl)c(F)c1C.Cc1cnc(Cl)c(F)c1I.Cc1cnc2cc(C(=O)NC[C@@H](N)C(=O)O)sc2c1C.Cc1cnc2cc(C(=O)NC[C@@H](NC(=O)OCc3ccccc3)C(=O)OCc3ccccc3)sc2c1C.Cc1cnc2cc(C(=O)O)sc2c1C. The molecule has 0 aliphatic carbocycles. The largest absolute Gasteiger partial charge is 0.480 e. The van der Waals surface area contributed by atoms with Crippen LogP contribution in [0.15, 0.2) is 153 Å². The van der Waals surface area contributed by atoms with E-state index in [0.29, 0.717) is 51.7 Å². The Labute approximate surface area is 831 Å². The molecule has 0 saturated heterocycles. The number of pyridine rings is 9. The van der Waals surface area contributed by atoms with Gasteiger partial charge in [0, 0.05) is 68.9 Å². The van der Waals surface area contributed by atoms with E-state index in [1.54, 1.807) is 110 Å². The van der Waals surface area contributed by atoms with Crippen LogP contribution in [0.3, 0.4) is 0 Å². The van der Waals surface area contributed by atoms with Crippen LogP contribution in [0.1, 0.15) is 155 Å². The third-order valence-electron chi connectivity index (χ3n) is 20.4. The third-order valence-corrected chi connectivity index (χ3v) is 27.5. The topological polar surface area (TPSA) is 383 Å². The number of halogens is 9. The molecule has 3 amide bonds. The number of carboxylic acids is 2. The van der Waals surface area contributed by atoms with Gasteiger partial charge in [0.05, 0.1) is 67.0 Å². The van der Waals surface area contributed by atoms with E-state index in [1.807, 2.05) is 152 Å². The molecule has 0 spiro atoms. The summed E-state index contributed by atoms with van der Waals surface area (Å²) in [5.41, 5.74) is 24.8. The number of fused-ring (bicyclic) bond motifs is 4. The van der Waals surface area contributed by atoms with E-state index in [2.05, 4.69) is 72.1 Å². The Morgan fingerprint density at radius 3 is 1.21 bits per heavy atom. The van der Waals surface area contributed by atoms with E-state index in [4.69, 9.17) is 60.2 Å². The van der Waals surface area contributed by atoms with Crippen molar-refractivity contribution in [2.75, 3.05) is 20.2 Å². The minimum Gasteiger partial charge on any atom is -0.480 e. The van der Waals surface area contributed by atoms with Crippen LogP contribution in [0.5, 0.6) is 0 Å². The standard InChI is InChI=1S/C28H27N3O5S.C13H15N3O3S.C11H11NO2S.C10H9NO2S.C9H10FN.C8H8FNO.C7H7ClFN.C6H4ClFIN.C6H5ClFN/c1-18-14-29-22-13-24(37-25(22)19(18)2)26(32)30-15-23(27(33)35-16-20-9-5-3-6-10-20)31-28(34)36-17-21-11-7-4-8-12-21;1-6-4-15-9-3-10(20-11(9)7(6)2)12(17)16-5-8(14)13(18)19;1-6-5-12-8-4-9(11(13)14-3)15-10(8)7(6)2;1-5-4-11-7-3-8(10(12)13)14-9(7)6(5)2;1-4-8-9(10)7(3)6(2)5-11-8;1-5-3-10-7(4-11)8(9)6(5)2;1-4-3-10-7(8)6(9)5(4)2;1-3-2-10-6(7)4(8)5(3)9;1-4-2-5(8)6(7)9-3-4/h3-14,23H,15-17H2,1-2H3,(H,30,32)(H,31,34);3-4,8H,5,14H2,1-2H3,(H,16,17)(H,18,19);4-5H,1-3H3;3-4H,1-2H3,(H,12,13);4-5H,1H2,2-3H3;3-4H,1-2H3;3H,1-2H3;2H,1H3;2-3H,1H3/t23-;8-;;;;;;;/m11......./s1. The maximum absolute atomic E-state index is 13.1. The molecule has 0 aliphatic heterocycles. The van der Waals surface area contributed by atoms with Crippen molar-refractivity contribution in [2.24, 2.45) is 5.73 Å². The van der Waals surface area contributed by atoms with Gasteiger partial charge in [-0.3, -0.25) is 49.1 Å². The average molecular weight is 2120 g/mol. The zero-order valence-corrected chi connectivity index (χ0v) is 84.9. The lowest BCUT2D eigenvalue weighted by Crippen LogP contribution is -2.49. The second-order valence-electron chi connectivity index (χ2n) is 30.2. The number of nitrogens with one attached hydrogen (secondary N) is 3. The zero-order chi connectivity index (χ0) is 102. The van der Waals surface area contributed by atoms with Crippen molar-refractivity contribution in [2.45, 2.75) is 136 Å². The fraction of sp³-hybridized carbons (Fsp3) is 0.235. The lowest BCUT2D eigenvalue weighted by atomic mass is 10.1. The summed E-state index contributed by atoms with van der Waals surface area (Å²) in [4.78, 5) is 130. The van der Waals surface area contributed by atoms with Gasteiger partial charge in [-0.15, -0.1) is 45.3 Å². The first kappa shape index (κ1) is 111. The molecule has 2 atom stereocenters. The predicted octanol–water partition coefficient (Wildman–Crippen LogP) is 22.6. The van der Waals surface area contributed by atoms with Crippen LogP contribution in [0.4, 0.5) is 26.7 Å². The highest BCUT2D eigenvalue weighted by Gasteiger charge is 2.27. The summed E-state index contributed by atoms with van der Waals surface area (Å²) in [5, 5.41) is 25.1. The Morgan fingerprint density at radius 1 is 0.453 bits per heavy atom. The highest BCUT2D eigenvalue weighted by Crippen LogP contribution is 2.34. The average Bonchev–Trinajstić information content (AvgIpc) is 1.66. The number of carboxylic acid groups (broad SMARTS) is 2. The maximum atomic E-state index is 13.1. The van der Waals surface area contributed by atoms with Crippen LogP contribution in [-0.4, -0.2) is 135 Å². The molecule has 26 nitrogen and oxygen atoms in total. The number of benzene rings is 2. The normalized spacial score (nSPS) is 10.8. The summed E-state index contributed by atoms with van der Waals surface area (Å²) >= 11 is 23.4. The lowest BCUT2D eigenvalue weighted by Gasteiger charge is -2.18. The number of amides is 3. The summed E-state index contributed by atoms with van der Waals surface area (Å²) in [6.07, 6.45) is 15.9. The fourth-order valence-electron chi connectivity index (χ4n) is 11.1. The number of carbonyl (C=O) groups is 8. The third kappa shape index (κ3) is 32.0. The number of thiophene rings is 4.